The Morgan fingerprint density at radius 2 is 2.17 bits per heavy atom. The summed E-state index contributed by atoms with van der Waals surface area (Å²) >= 11 is 1.75. The van der Waals surface area contributed by atoms with Crippen LogP contribution in [0, 0.1) is 5.92 Å². The summed E-state index contributed by atoms with van der Waals surface area (Å²) < 4.78 is 1.84. The normalized spacial score (nSPS) is 12.8. The first kappa shape index (κ1) is 15.1. The van der Waals surface area contributed by atoms with Crippen molar-refractivity contribution < 1.29 is 4.79 Å². The van der Waals surface area contributed by atoms with E-state index < -0.39 is 0 Å². The minimum atomic E-state index is 0.0477. The lowest BCUT2D eigenvalue weighted by Crippen LogP contribution is -2.36. The van der Waals surface area contributed by atoms with Gasteiger partial charge >= 0.3 is 0 Å². The van der Waals surface area contributed by atoms with Crippen LogP contribution in [0.1, 0.15) is 31.1 Å². The smallest absolute Gasteiger partial charge is 0.257 e. The van der Waals surface area contributed by atoms with Crippen LogP contribution in [-0.2, 0) is 6.54 Å². The molecule has 18 heavy (non-hydrogen) atoms. The van der Waals surface area contributed by atoms with Gasteiger partial charge in [-0.15, -0.1) is 0 Å². The van der Waals surface area contributed by atoms with Crippen LogP contribution in [0.25, 0.3) is 0 Å². The summed E-state index contributed by atoms with van der Waals surface area (Å²) in [5, 5.41) is 4.23. The molecule has 0 saturated heterocycles. The molecule has 1 atom stereocenters. The molecule has 0 fully saturated rings. The van der Waals surface area contributed by atoms with Crippen LogP contribution in [0.2, 0.25) is 0 Å². The molecule has 1 heterocycles. The number of amides is 1. The summed E-state index contributed by atoms with van der Waals surface area (Å²) in [6, 6.07) is 0.237. The third-order valence-electron chi connectivity index (χ3n) is 2.82. The molecule has 4 nitrogen and oxygen atoms in total. The van der Waals surface area contributed by atoms with Crippen molar-refractivity contribution in [3.05, 3.63) is 18.0 Å². The number of carbonyl (C=O) groups is 1. The first-order valence-corrected chi connectivity index (χ1v) is 7.63. The average Bonchev–Trinajstić information content (AvgIpc) is 2.75. The molecule has 0 aliphatic rings. The molecule has 1 amide bonds. The number of hydrogen-bond acceptors (Lipinski definition) is 3. The van der Waals surface area contributed by atoms with Crippen LogP contribution < -0.4 is 0 Å². The van der Waals surface area contributed by atoms with E-state index in [-0.39, 0.29) is 11.9 Å². The van der Waals surface area contributed by atoms with Gasteiger partial charge in [0.2, 0.25) is 0 Å². The average molecular weight is 269 g/mol. The fourth-order valence-corrected chi connectivity index (χ4v) is 2.41. The Morgan fingerprint density at radius 1 is 1.50 bits per heavy atom. The summed E-state index contributed by atoms with van der Waals surface area (Å²) in [6.07, 6.45) is 5.55. The van der Waals surface area contributed by atoms with Gasteiger partial charge in [-0.3, -0.25) is 9.48 Å². The predicted molar refractivity (Wildman–Crippen MR) is 77.0 cm³/mol. The monoisotopic (exact) mass is 269 g/mol. The number of thioether (sulfide) groups is 1. The second-order valence-electron chi connectivity index (χ2n) is 5.07. The van der Waals surface area contributed by atoms with E-state index in [1.54, 1.807) is 22.9 Å². The highest BCUT2D eigenvalue weighted by atomic mass is 32.2. The quantitative estimate of drug-likeness (QED) is 0.795. The molecule has 0 saturated carbocycles. The molecule has 5 heteroatoms. The Kier molecular flexibility index (Phi) is 5.72. The molecular formula is C13H23N3OS. The van der Waals surface area contributed by atoms with E-state index in [9.17, 15) is 4.79 Å². The summed E-state index contributed by atoms with van der Waals surface area (Å²) in [7, 11) is 1.85. The number of rotatable bonds is 6. The maximum absolute atomic E-state index is 12.2. The molecule has 0 spiro atoms. The van der Waals surface area contributed by atoms with E-state index in [1.165, 1.54) is 0 Å². The lowest BCUT2D eigenvalue weighted by atomic mass is 10.2. The fourth-order valence-electron chi connectivity index (χ4n) is 1.70. The molecule has 0 aliphatic heterocycles. The van der Waals surface area contributed by atoms with Crippen molar-refractivity contribution in [2.24, 2.45) is 5.92 Å². The number of carbonyl (C=O) groups excluding carboxylic acids is 1. The van der Waals surface area contributed by atoms with Gasteiger partial charge in [-0.2, -0.15) is 16.9 Å². The summed E-state index contributed by atoms with van der Waals surface area (Å²) in [5.74, 6) is 1.52. The van der Waals surface area contributed by atoms with Gasteiger partial charge in [0, 0.05) is 31.6 Å². The first-order chi connectivity index (χ1) is 8.45. The van der Waals surface area contributed by atoms with Gasteiger partial charge in [-0.1, -0.05) is 13.8 Å². The van der Waals surface area contributed by atoms with Gasteiger partial charge in [-0.05, 0) is 19.1 Å². The molecule has 1 rings (SSSR count). The van der Waals surface area contributed by atoms with E-state index in [0.29, 0.717) is 11.5 Å². The van der Waals surface area contributed by atoms with Crippen molar-refractivity contribution >= 4 is 17.7 Å². The zero-order valence-corrected chi connectivity index (χ0v) is 12.7. The van der Waals surface area contributed by atoms with E-state index in [1.807, 2.05) is 17.9 Å². The Hall–Kier alpha value is -0.970. The second kappa shape index (κ2) is 6.83. The van der Waals surface area contributed by atoms with Crippen molar-refractivity contribution in [2.75, 3.05) is 19.1 Å². The van der Waals surface area contributed by atoms with Crippen LogP contribution in [0.5, 0.6) is 0 Å². The van der Waals surface area contributed by atoms with Gasteiger partial charge in [0.15, 0.2) is 0 Å². The van der Waals surface area contributed by atoms with Crippen molar-refractivity contribution in [1.82, 2.24) is 14.7 Å². The Labute approximate surface area is 114 Å². The zero-order valence-electron chi connectivity index (χ0n) is 11.9. The van der Waals surface area contributed by atoms with Crippen molar-refractivity contribution in [2.45, 2.75) is 33.4 Å². The lowest BCUT2D eigenvalue weighted by molar-refractivity contribution is 0.0757. The molecule has 0 N–H and O–H groups in total. The Balaban J connectivity index is 2.69. The molecule has 0 unspecified atom stereocenters. The third kappa shape index (κ3) is 4.05. The summed E-state index contributed by atoms with van der Waals surface area (Å²) in [5.41, 5.74) is 0.672. The number of nitrogens with zero attached hydrogens (tertiary/aromatic N) is 3. The maximum atomic E-state index is 12.2. The molecule has 102 valence electrons. The van der Waals surface area contributed by atoms with Crippen LogP contribution in [-0.4, -0.2) is 45.7 Å². The molecule has 0 radical (unpaired) electrons. The van der Waals surface area contributed by atoms with E-state index in [2.05, 4.69) is 32.1 Å². The van der Waals surface area contributed by atoms with E-state index in [0.717, 1.165) is 12.3 Å². The van der Waals surface area contributed by atoms with Gasteiger partial charge < -0.3 is 4.90 Å². The van der Waals surface area contributed by atoms with Crippen LogP contribution in [0.15, 0.2) is 12.4 Å². The van der Waals surface area contributed by atoms with Gasteiger partial charge in [0.1, 0.15) is 0 Å². The minimum absolute atomic E-state index is 0.0477. The van der Waals surface area contributed by atoms with Crippen molar-refractivity contribution in [1.29, 1.82) is 0 Å². The summed E-state index contributed by atoms with van der Waals surface area (Å²) in [4.78, 5) is 14.0. The number of aromatic nitrogens is 2. The molecular weight excluding hydrogens is 246 g/mol. The Morgan fingerprint density at radius 3 is 2.72 bits per heavy atom. The van der Waals surface area contributed by atoms with Crippen LogP contribution >= 0.6 is 11.8 Å². The second-order valence-corrected chi connectivity index (χ2v) is 5.98. The molecule has 0 aliphatic carbocycles. The maximum Gasteiger partial charge on any atom is 0.257 e. The molecule has 1 aromatic rings. The Bertz CT molecular complexity index is 389. The SMILES string of the molecule is CSC[C@H](C)N(C)C(=O)c1cnn(CC(C)C)c1. The number of hydrogen-bond donors (Lipinski definition) is 0. The van der Waals surface area contributed by atoms with Crippen LogP contribution in [0.3, 0.4) is 0 Å². The fraction of sp³-hybridized carbons (Fsp3) is 0.692. The molecule has 0 aromatic carbocycles. The third-order valence-corrected chi connectivity index (χ3v) is 3.64. The standard InChI is InChI=1S/C13H23N3OS/c1-10(2)7-16-8-12(6-14-16)13(17)15(4)11(3)9-18-5/h6,8,10-11H,7,9H2,1-5H3/t11-/m0/s1. The predicted octanol–water partition coefficient (Wildman–Crippen LogP) is 2.36. The zero-order chi connectivity index (χ0) is 13.7. The topological polar surface area (TPSA) is 38.1 Å². The van der Waals surface area contributed by atoms with Gasteiger partial charge in [-0.25, -0.2) is 0 Å². The largest absolute Gasteiger partial charge is 0.338 e. The highest BCUT2D eigenvalue weighted by Crippen LogP contribution is 2.10. The van der Waals surface area contributed by atoms with E-state index >= 15 is 0 Å². The minimum Gasteiger partial charge on any atom is -0.338 e. The molecule has 1 aromatic heterocycles. The van der Waals surface area contributed by atoms with Crippen LogP contribution in [0.4, 0.5) is 0 Å². The van der Waals surface area contributed by atoms with Gasteiger partial charge in [0.05, 0.1) is 11.8 Å². The van der Waals surface area contributed by atoms with Crippen molar-refractivity contribution in [3.8, 4) is 0 Å². The summed E-state index contributed by atoms with van der Waals surface area (Å²) in [6.45, 7) is 7.18. The van der Waals surface area contributed by atoms with E-state index in [4.69, 9.17) is 0 Å². The lowest BCUT2D eigenvalue weighted by Gasteiger charge is -2.23. The van der Waals surface area contributed by atoms with Gasteiger partial charge in [0.25, 0.3) is 5.91 Å². The molecule has 0 bridgehead atoms. The van der Waals surface area contributed by atoms with Crippen molar-refractivity contribution in [3.63, 3.8) is 0 Å². The highest BCUT2D eigenvalue weighted by molar-refractivity contribution is 7.98. The highest BCUT2D eigenvalue weighted by Gasteiger charge is 2.18. The first-order valence-electron chi connectivity index (χ1n) is 6.24.